The lowest BCUT2D eigenvalue weighted by atomic mass is 10.2. The molecule has 1 aromatic rings. The van der Waals surface area contributed by atoms with Crippen LogP contribution in [-0.4, -0.2) is 36.9 Å². The first-order valence-corrected chi connectivity index (χ1v) is 6.89. The molecule has 0 unspecified atom stereocenters. The van der Waals surface area contributed by atoms with Gasteiger partial charge in [0.2, 0.25) is 11.8 Å². The molecule has 1 aliphatic heterocycles. The number of hydrogen-bond donors (Lipinski definition) is 1. The van der Waals surface area contributed by atoms with Gasteiger partial charge in [-0.3, -0.25) is 9.59 Å². The third kappa shape index (κ3) is 3.63. The van der Waals surface area contributed by atoms with E-state index in [0.717, 1.165) is 25.9 Å². The molecule has 6 heteroatoms. The van der Waals surface area contributed by atoms with Gasteiger partial charge in [0, 0.05) is 18.8 Å². The number of rotatable bonds is 4. The summed E-state index contributed by atoms with van der Waals surface area (Å²) < 4.78 is 5.03. The number of halogens is 1. The Morgan fingerprint density at radius 3 is 2.65 bits per heavy atom. The number of anilines is 1. The maximum atomic E-state index is 11.8. The van der Waals surface area contributed by atoms with E-state index in [1.165, 1.54) is 7.11 Å². The third-order valence-corrected chi connectivity index (χ3v) is 3.50. The van der Waals surface area contributed by atoms with Gasteiger partial charge in [0.05, 0.1) is 12.1 Å². The fourth-order valence-electron chi connectivity index (χ4n) is 2.17. The highest BCUT2D eigenvalue weighted by molar-refractivity contribution is 6.32. The first kappa shape index (κ1) is 14.7. The monoisotopic (exact) mass is 296 g/mol. The molecule has 0 radical (unpaired) electrons. The van der Waals surface area contributed by atoms with Crippen molar-refractivity contribution >= 4 is 29.1 Å². The molecule has 0 bridgehead atoms. The van der Waals surface area contributed by atoms with E-state index in [1.807, 2.05) is 0 Å². The molecule has 0 saturated carbocycles. The van der Waals surface area contributed by atoms with Crippen LogP contribution in [0.1, 0.15) is 19.3 Å². The van der Waals surface area contributed by atoms with E-state index in [1.54, 1.807) is 23.1 Å². The third-order valence-electron chi connectivity index (χ3n) is 3.21. The zero-order valence-electron chi connectivity index (χ0n) is 11.3. The molecule has 1 aromatic carbocycles. The molecular weight excluding hydrogens is 280 g/mol. The molecule has 1 aliphatic rings. The Morgan fingerprint density at radius 2 is 2.05 bits per heavy atom. The van der Waals surface area contributed by atoms with E-state index < -0.39 is 0 Å². The summed E-state index contributed by atoms with van der Waals surface area (Å²) in [6.07, 6.45) is 1.90. The van der Waals surface area contributed by atoms with Gasteiger partial charge in [0.15, 0.2) is 0 Å². The van der Waals surface area contributed by atoms with Crippen molar-refractivity contribution in [1.29, 1.82) is 0 Å². The van der Waals surface area contributed by atoms with Crippen molar-refractivity contribution in [1.82, 2.24) is 4.90 Å². The summed E-state index contributed by atoms with van der Waals surface area (Å²) in [4.78, 5) is 25.4. The molecular formula is C14H17ClN2O3. The maximum absolute atomic E-state index is 11.8. The first-order chi connectivity index (χ1) is 9.60. The lowest BCUT2D eigenvalue weighted by Gasteiger charge is -2.15. The van der Waals surface area contributed by atoms with Crippen molar-refractivity contribution in [3.05, 3.63) is 23.2 Å². The Bertz CT molecular complexity index is 513. The topological polar surface area (TPSA) is 58.6 Å². The molecule has 0 aliphatic carbocycles. The van der Waals surface area contributed by atoms with Crippen LogP contribution in [0.2, 0.25) is 5.02 Å². The number of carbonyl (C=O) groups excluding carboxylic acids is 2. The number of hydrogen-bond acceptors (Lipinski definition) is 3. The number of carbonyl (C=O) groups is 2. The fourth-order valence-corrected chi connectivity index (χ4v) is 2.42. The zero-order valence-corrected chi connectivity index (χ0v) is 12.1. The van der Waals surface area contributed by atoms with Crippen LogP contribution < -0.4 is 10.1 Å². The number of nitrogens with one attached hydrogen (secondary N) is 1. The molecule has 1 N–H and O–H groups in total. The van der Waals surface area contributed by atoms with Crippen molar-refractivity contribution < 1.29 is 14.3 Å². The minimum absolute atomic E-state index is 0.125. The van der Waals surface area contributed by atoms with Gasteiger partial charge in [-0.05, 0) is 31.0 Å². The number of amides is 2. The van der Waals surface area contributed by atoms with Crippen LogP contribution in [-0.2, 0) is 9.59 Å². The highest BCUT2D eigenvalue weighted by Crippen LogP contribution is 2.27. The van der Waals surface area contributed by atoms with Gasteiger partial charge in [-0.25, -0.2) is 0 Å². The second-order valence-electron chi connectivity index (χ2n) is 4.66. The number of benzene rings is 1. The van der Waals surface area contributed by atoms with Crippen LogP contribution in [0, 0.1) is 0 Å². The highest BCUT2D eigenvalue weighted by Gasteiger charge is 2.20. The molecule has 0 aromatic heterocycles. The molecule has 0 spiro atoms. The molecule has 1 heterocycles. The fraction of sp³-hybridized carbons (Fsp3) is 0.429. The summed E-state index contributed by atoms with van der Waals surface area (Å²) in [5, 5.41) is 3.08. The Balaban J connectivity index is 1.90. The minimum atomic E-state index is -0.330. The van der Waals surface area contributed by atoms with Gasteiger partial charge in [-0.15, -0.1) is 0 Å². The average molecular weight is 297 g/mol. The van der Waals surface area contributed by atoms with Crippen LogP contribution in [0.15, 0.2) is 18.2 Å². The Kier molecular flexibility index (Phi) is 4.84. The van der Waals surface area contributed by atoms with Crippen molar-refractivity contribution in [3.8, 4) is 5.75 Å². The maximum Gasteiger partial charge on any atom is 0.233 e. The lowest BCUT2D eigenvalue weighted by Crippen LogP contribution is -2.31. The van der Waals surface area contributed by atoms with Crippen molar-refractivity contribution in [3.63, 3.8) is 0 Å². The number of likely N-dealkylation sites (tertiary alicyclic amines) is 1. The van der Waals surface area contributed by atoms with Crippen LogP contribution in [0.25, 0.3) is 0 Å². The van der Waals surface area contributed by atoms with Crippen molar-refractivity contribution in [2.24, 2.45) is 0 Å². The van der Waals surface area contributed by atoms with Gasteiger partial charge in [0.25, 0.3) is 0 Å². The largest absolute Gasteiger partial charge is 0.495 e. The zero-order chi connectivity index (χ0) is 14.5. The predicted molar refractivity (Wildman–Crippen MR) is 77.1 cm³/mol. The average Bonchev–Trinajstić information content (AvgIpc) is 2.92. The van der Waals surface area contributed by atoms with E-state index in [2.05, 4.69) is 5.32 Å². The van der Waals surface area contributed by atoms with E-state index in [-0.39, 0.29) is 18.2 Å². The van der Waals surface area contributed by atoms with Crippen LogP contribution in [0.4, 0.5) is 5.69 Å². The second kappa shape index (κ2) is 6.61. The normalized spacial score (nSPS) is 14.2. The smallest absolute Gasteiger partial charge is 0.233 e. The Labute approximate surface area is 122 Å². The molecule has 1 fully saturated rings. The van der Waals surface area contributed by atoms with Crippen LogP contribution in [0.5, 0.6) is 5.75 Å². The van der Waals surface area contributed by atoms with Gasteiger partial charge < -0.3 is 15.0 Å². The van der Waals surface area contributed by atoms with Crippen LogP contribution >= 0.6 is 11.6 Å². The summed E-state index contributed by atoms with van der Waals surface area (Å²) in [7, 11) is 1.52. The molecule has 0 atom stereocenters. The lowest BCUT2D eigenvalue weighted by molar-refractivity contribution is -0.133. The van der Waals surface area contributed by atoms with E-state index in [0.29, 0.717) is 16.5 Å². The van der Waals surface area contributed by atoms with Gasteiger partial charge >= 0.3 is 0 Å². The predicted octanol–water partition coefficient (Wildman–Crippen LogP) is 2.30. The van der Waals surface area contributed by atoms with Crippen molar-refractivity contribution in [2.45, 2.75) is 19.3 Å². The molecule has 5 nitrogen and oxygen atoms in total. The Morgan fingerprint density at radius 1 is 1.35 bits per heavy atom. The summed E-state index contributed by atoms with van der Waals surface area (Å²) in [6.45, 7) is 1.50. The van der Waals surface area contributed by atoms with Crippen molar-refractivity contribution in [2.75, 3.05) is 25.5 Å². The first-order valence-electron chi connectivity index (χ1n) is 6.51. The Hall–Kier alpha value is -1.75. The second-order valence-corrected chi connectivity index (χ2v) is 5.07. The number of methoxy groups -OCH3 is 1. The molecule has 20 heavy (non-hydrogen) atoms. The summed E-state index contributed by atoms with van der Waals surface area (Å²) >= 11 is 5.97. The van der Waals surface area contributed by atoms with E-state index in [4.69, 9.17) is 16.3 Å². The van der Waals surface area contributed by atoms with Gasteiger partial charge in [-0.1, -0.05) is 11.6 Å². The van der Waals surface area contributed by atoms with E-state index in [9.17, 15) is 9.59 Å². The highest BCUT2D eigenvalue weighted by atomic mass is 35.5. The SMILES string of the molecule is COc1ccc(NC(=O)CC(=O)N2CCCC2)cc1Cl. The quantitative estimate of drug-likeness (QED) is 0.867. The molecule has 2 amide bonds. The van der Waals surface area contributed by atoms with E-state index >= 15 is 0 Å². The number of ether oxygens (including phenoxy) is 1. The summed E-state index contributed by atoms with van der Waals surface area (Å²) in [5.74, 6) is 0.0838. The summed E-state index contributed by atoms with van der Waals surface area (Å²) in [5.41, 5.74) is 0.551. The standard InChI is InChI=1S/C14H17ClN2O3/c1-20-12-5-4-10(8-11(12)15)16-13(18)9-14(19)17-6-2-3-7-17/h4-5,8H,2-3,6-7,9H2,1H3,(H,16,18). The molecule has 2 rings (SSSR count). The summed E-state index contributed by atoms with van der Waals surface area (Å²) in [6, 6.07) is 4.95. The van der Waals surface area contributed by atoms with Gasteiger partial charge in [-0.2, -0.15) is 0 Å². The number of nitrogens with zero attached hydrogens (tertiary/aromatic N) is 1. The minimum Gasteiger partial charge on any atom is -0.495 e. The molecule has 108 valence electrons. The van der Waals surface area contributed by atoms with Crippen LogP contribution in [0.3, 0.4) is 0 Å². The van der Waals surface area contributed by atoms with Gasteiger partial charge in [0.1, 0.15) is 12.2 Å². The molecule has 1 saturated heterocycles.